The van der Waals surface area contributed by atoms with Crippen LogP contribution >= 0.6 is 0 Å². The molecule has 5 nitrogen and oxygen atoms in total. The van der Waals surface area contributed by atoms with Crippen molar-refractivity contribution in [3.8, 4) is 5.75 Å². The van der Waals surface area contributed by atoms with E-state index < -0.39 is 4.92 Å². The van der Waals surface area contributed by atoms with Gasteiger partial charge in [-0.05, 0) is 62.8 Å². The molecule has 23 heavy (non-hydrogen) atoms. The van der Waals surface area contributed by atoms with Gasteiger partial charge in [0.15, 0.2) is 0 Å². The van der Waals surface area contributed by atoms with E-state index in [4.69, 9.17) is 4.74 Å². The number of para-hydroxylation sites is 1. The third-order valence-corrected chi connectivity index (χ3v) is 3.57. The predicted molar refractivity (Wildman–Crippen MR) is 90.7 cm³/mol. The van der Waals surface area contributed by atoms with Gasteiger partial charge in [-0.1, -0.05) is 18.2 Å². The highest BCUT2D eigenvalue weighted by molar-refractivity contribution is 5.35. The standard InChI is InChI=1S/C18H22N2O3/c1-19(2)13-5-7-16-6-3-4-8-18(16)23-14-15-9-11-17(12-10-15)20(21)22/h3-4,6,8-12H,5,7,13-14H2,1-2H3. The fraction of sp³-hybridized carbons (Fsp3) is 0.333. The predicted octanol–water partition coefficient (Wildman–Crippen LogP) is 3.67. The number of aryl methyl sites for hydroxylation is 1. The summed E-state index contributed by atoms with van der Waals surface area (Å²) in [5.41, 5.74) is 2.20. The smallest absolute Gasteiger partial charge is 0.269 e. The number of hydrogen-bond acceptors (Lipinski definition) is 4. The van der Waals surface area contributed by atoms with Gasteiger partial charge in [0.2, 0.25) is 0 Å². The SMILES string of the molecule is CN(C)CCCc1ccccc1OCc1ccc([N+](=O)[O-])cc1. The van der Waals surface area contributed by atoms with E-state index in [1.807, 2.05) is 18.2 Å². The second-order valence-corrected chi connectivity index (χ2v) is 5.73. The minimum atomic E-state index is -0.398. The van der Waals surface area contributed by atoms with Crippen LogP contribution in [-0.2, 0) is 13.0 Å². The van der Waals surface area contributed by atoms with Crippen molar-refractivity contribution >= 4 is 5.69 Å². The maximum Gasteiger partial charge on any atom is 0.269 e. The molecule has 0 fully saturated rings. The van der Waals surface area contributed by atoms with Gasteiger partial charge >= 0.3 is 0 Å². The molecule has 2 aromatic carbocycles. The Morgan fingerprint density at radius 2 is 1.78 bits per heavy atom. The van der Waals surface area contributed by atoms with Gasteiger partial charge in [-0.2, -0.15) is 0 Å². The molecular weight excluding hydrogens is 292 g/mol. The Morgan fingerprint density at radius 3 is 2.43 bits per heavy atom. The molecule has 5 heteroatoms. The Bertz CT molecular complexity index is 639. The molecule has 0 aromatic heterocycles. The van der Waals surface area contributed by atoms with Crippen LogP contribution < -0.4 is 4.74 Å². The lowest BCUT2D eigenvalue weighted by molar-refractivity contribution is -0.384. The minimum absolute atomic E-state index is 0.0952. The van der Waals surface area contributed by atoms with Crippen LogP contribution in [0.1, 0.15) is 17.5 Å². The quantitative estimate of drug-likeness (QED) is 0.551. The number of rotatable bonds is 8. The average molecular weight is 314 g/mol. The highest BCUT2D eigenvalue weighted by atomic mass is 16.6. The van der Waals surface area contributed by atoms with Gasteiger partial charge in [-0.15, -0.1) is 0 Å². The maximum atomic E-state index is 10.7. The van der Waals surface area contributed by atoms with Gasteiger partial charge < -0.3 is 9.64 Å². The minimum Gasteiger partial charge on any atom is -0.489 e. The van der Waals surface area contributed by atoms with E-state index in [-0.39, 0.29) is 5.69 Å². The molecular formula is C18H22N2O3. The molecule has 0 aliphatic carbocycles. The number of ether oxygens (including phenoxy) is 1. The van der Waals surface area contributed by atoms with Crippen molar-refractivity contribution in [3.05, 3.63) is 69.8 Å². The summed E-state index contributed by atoms with van der Waals surface area (Å²) in [5.74, 6) is 0.879. The van der Waals surface area contributed by atoms with Crippen molar-refractivity contribution in [2.75, 3.05) is 20.6 Å². The molecule has 0 spiro atoms. The summed E-state index contributed by atoms with van der Waals surface area (Å²) in [4.78, 5) is 12.4. The summed E-state index contributed by atoms with van der Waals surface area (Å²) in [6.45, 7) is 1.44. The van der Waals surface area contributed by atoms with Crippen molar-refractivity contribution in [2.24, 2.45) is 0 Å². The lowest BCUT2D eigenvalue weighted by atomic mass is 10.1. The molecule has 0 aliphatic heterocycles. The second kappa shape index (κ2) is 8.29. The van der Waals surface area contributed by atoms with Crippen LogP contribution in [0, 0.1) is 10.1 Å². The second-order valence-electron chi connectivity index (χ2n) is 5.73. The molecule has 0 saturated heterocycles. The van der Waals surface area contributed by atoms with Crippen LogP contribution in [0.25, 0.3) is 0 Å². The first-order valence-electron chi connectivity index (χ1n) is 7.65. The van der Waals surface area contributed by atoms with Gasteiger partial charge in [-0.25, -0.2) is 0 Å². The third kappa shape index (κ3) is 5.38. The largest absolute Gasteiger partial charge is 0.489 e. The third-order valence-electron chi connectivity index (χ3n) is 3.57. The van der Waals surface area contributed by atoms with Crippen molar-refractivity contribution in [3.63, 3.8) is 0 Å². The Balaban J connectivity index is 1.95. The number of nitro benzene ring substituents is 1. The highest BCUT2D eigenvalue weighted by Gasteiger charge is 2.06. The fourth-order valence-electron chi connectivity index (χ4n) is 2.31. The van der Waals surface area contributed by atoms with E-state index in [0.29, 0.717) is 6.61 Å². The fourth-order valence-corrected chi connectivity index (χ4v) is 2.31. The zero-order chi connectivity index (χ0) is 16.7. The van der Waals surface area contributed by atoms with E-state index in [0.717, 1.165) is 30.7 Å². The summed E-state index contributed by atoms with van der Waals surface area (Å²) in [5, 5.41) is 10.7. The van der Waals surface area contributed by atoms with E-state index in [9.17, 15) is 10.1 Å². The van der Waals surface area contributed by atoms with Gasteiger partial charge in [0, 0.05) is 12.1 Å². The molecule has 0 unspecified atom stereocenters. The first-order valence-corrected chi connectivity index (χ1v) is 7.65. The molecule has 0 N–H and O–H groups in total. The molecule has 0 aliphatic rings. The Labute approximate surface area is 136 Å². The molecule has 122 valence electrons. The highest BCUT2D eigenvalue weighted by Crippen LogP contribution is 2.21. The lowest BCUT2D eigenvalue weighted by Crippen LogP contribution is -2.13. The number of nitro groups is 1. The van der Waals surface area contributed by atoms with Crippen LogP contribution in [0.5, 0.6) is 5.75 Å². The van der Waals surface area contributed by atoms with E-state index in [1.54, 1.807) is 12.1 Å². The van der Waals surface area contributed by atoms with Crippen molar-refractivity contribution in [1.82, 2.24) is 4.90 Å². The molecule has 0 atom stereocenters. The first-order chi connectivity index (χ1) is 11.1. The van der Waals surface area contributed by atoms with Gasteiger partial charge in [0.1, 0.15) is 12.4 Å². The molecule has 0 amide bonds. The molecule has 2 rings (SSSR count). The molecule has 0 radical (unpaired) electrons. The Hall–Kier alpha value is -2.40. The van der Waals surface area contributed by atoms with Crippen molar-refractivity contribution in [1.29, 1.82) is 0 Å². The first kappa shape index (κ1) is 17.0. The van der Waals surface area contributed by atoms with E-state index in [2.05, 4.69) is 25.1 Å². The number of nitrogens with zero attached hydrogens (tertiary/aromatic N) is 2. The molecule has 0 bridgehead atoms. The summed E-state index contributed by atoms with van der Waals surface area (Å²) < 4.78 is 5.90. The van der Waals surface area contributed by atoms with Gasteiger partial charge in [0.05, 0.1) is 4.92 Å². The zero-order valence-corrected chi connectivity index (χ0v) is 13.6. The van der Waals surface area contributed by atoms with Crippen molar-refractivity contribution in [2.45, 2.75) is 19.4 Å². The number of benzene rings is 2. The Kier molecular flexibility index (Phi) is 6.11. The number of hydrogen-bond donors (Lipinski definition) is 0. The Morgan fingerprint density at radius 1 is 1.09 bits per heavy atom. The van der Waals surface area contributed by atoms with Gasteiger partial charge in [0.25, 0.3) is 5.69 Å². The monoisotopic (exact) mass is 314 g/mol. The van der Waals surface area contributed by atoms with Crippen LogP contribution in [0.2, 0.25) is 0 Å². The van der Waals surface area contributed by atoms with Crippen LogP contribution in [-0.4, -0.2) is 30.5 Å². The molecule has 0 saturated carbocycles. The summed E-state index contributed by atoms with van der Waals surface area (Å²) in [6, 6.07) is 14.5. The molecule has 0 heterocycles. The normalized spacial score (nSPS) is 10.7. The van der Waals surface area contributed by atoms with E-state index >= 15 is 0 Å². The summed E-state index contributed by atoms with van der Waals surface area (Å²) in [7, 11) is 4.13. The summed E-state index contributed by atoms with van der Waals surface area (Å²) in [6.07, 6.45) is 2.04. The van der Waals surface area contributed by atoms with Crippen LogP contribution in [0.3, 0.4) is 0 Å². The van der Waals surface area contributed by atoms with Gasteiger partial charge in [-0.3, -0.25) is 10.1 Å². The topological polar surface area (TPSA) is 55.6 Å². The summed E-state index contributed by atoms with van der Waals surface area (Å²) >= 11 is 0. The average Bonchev–Trinajstić information content (AvgIpc) is 2.54. The van der Waals surface area contributed by atoms with Crippen LogP contribution in [0.15, 0.2) is 48.5 Å². The maximum absolute atomic E-state index is 10.7. The van der Waals surface area contributed by atoms with Crippen molar-refractivity contribution < 1.29 is 9.66 Å². The van der Waals surface area contributed by atoms with E-state index in [1.165, 1.54) is 17.7 Å². The van der Waals surface area contributed by atoms with Crippen LogP contribution in [0.4, 0.5) is 5.69 Å². The lowest BCUT2D eigenvalue weighted by Gasteiger charge is -2.13. The molecule has 2 aromatic rings. The number of non-ortho nitro benzene ring substituents is 1. The zero-order valence-electron chi connectivity index (χ0n) is 13.6.